The smallest absolute Gasteiger partial charge is 0.166 e. The maximum Gasteiger partial charge on any atom is 0.166 e. The van der Waals surface area contributed by atoms with Crippen molar-refractivity contribution in [3.8, 4) is 0 Å². The van der Waals surface area contributed by atoms with Crippen molar-refractivity contribution < 1.29 is 4.79 Å². The van der Waals surface area contributed by atoms with Crippen LogP contribution in [-0.4, -0.2) is 10.8 Å². The largest absolute Gasteiger partial charge is 0.294 e. The van der Waals surface area contributed by atoms with E-state index in [2.05, 4.69) is 17.1 Å². The van der Waals surface area contributed by atoms with Crippen molar-refractivity contribution in [3.63, 3.8) is 0 Å². The second kappa shape index (κ2) is 4.61. The van der Waals surface area contributed by atoms with E-state index in [0.29, 0.717) is 5.92 Å². The molecule has 19 heavy (non-hydrogen) atoms. The van der Waals surface area contributed by atoms with Crippen LogP contribution in [0, 0.1) is 19.8 Å². The zero-order valence-electron chi connectivity index (χ0n) is 11.3. The first-order chi connectivity index (χ1) is 9.15. The van der Waals surface area contributed by atoms with Crippen LogP contribution in [0.2, 0.25) is 0 Å². The van der Waals surface area contributed by atoms with Crippen LogP contribution in [0.1, 0.15) is 39.6 Å². The number of pyridine rings is 1. The standard InChI is InChI=1S/C17H17NO/c1-11-8-14(9-12(2)18-11)17(19)16-10-15(16)13-6-4-3-5-7-13/h3-9,15-16H,10H2,1-2H3. The van der Waals surface area contributed by atoms with Gasteiger partial charge in [-0.25, -0.2) is 0 Å². The van der Waals surface area contributed by atoms with Crippen molar-refractivity contribution in [2.75, 3.05) is 0 Å². The molecule has 2 atom stereocenters. The first-order valence-electron chi connectivity index (χ1n) is 6.69. The Kier molecular flexibility index (Phi) is 2.94. The Balaban J connectivity index is 1.80. The van der Waals surface area contributed by atoms with Gasteiger partial charge in [0, 0.05) is 22.9 Å². The molecule has 0 aliphatic heterocycles. The van der Waals surface area contributed by atoms with Crippen LogP contribution in [0.25, 0.3) is 0 Å². The number of aromatic nitrogens is 1. The lowest BCUT2D eigenvalue weighted by molar-refractivity contribution is 0.0965. The number of aryl methyl sites for hydroxylation is 2. The first-order valence-corrected chi connectivity index (χ1v) is 6.69. The summed E-state index contributed by atoms with van der Waals surface area (Å²) in [6.07, 6.45) is 0.975. The highest BCUT2D eigenvalue weighted by Gasteiger charge is 2.43. The summed E-state index contributed by atoms with van der Waals surface area (Å²) in [5.74, 6) is 0.827. The minimum atomic E-state index is 0.156. The molecule has 1 aliphatic rings. The van der Waals surface area contributed by atoms with Gasteiger partial charge < -0.3 is 0 Å². The van der Waals surface area contributed by atoms with Crippen LogP contribution in [0.4, 0.5) is 0 Å². The Hall–Kier alpha value is -1.96. The van der Waals surface area contributed by atoms with Gasteiger partial charge in [0.15, 0.2) is 5.78 Å². The summed E-state index contributed by atoms with van der Waals surface area (Å²) in [6.45, 7) is 3.87. The number of nitrogens with zero attached hydrogens (tertiary/aromatic N) is 1. The number of carbonyl (C=O) groups is 1. The molecule has 1 aliphatic carbocycles. The third-order valence-electron chi connectivity index (χ3n) is 3.72. The molecule has 1 saturated carbocycles. The molecular formula is C17H17NO. The lowest BCUT2D eigenvalue weighted by Crippen LogP contribution is -2.05. The zero-order valence-corrected chi connectivity index (χ0v) is 11.3. The van der Waals surface area contributed by atoms with Gasteiger partial charge in [-0.1, -0.05) is 30.3 Å². The molecule has 2 aromatic rings. The first kappa shape index (κ1) is 12.1. The third-order valence-corrected chi connectivity index (χ3v) is 3.72. The van der Waals surface area contributed by atoms with Crippen LogP contribution >= 0.6 is 0 Å². The molecule has 0 N–H and O–H groups in total. The van der Waals surface area contributed by atoms with Crippen molar-refractivity contribution in [2.45, 2.75) is 26.2 Å². The summed E-state index contributed by atoms with van der Waals surface area (Å²) < 4.78 is 0. The van der Waals surface area contributed by atoms with Crippen LogP contribution in [0.3, 0.4) is 0 Å². The molecule has 3 rings (SSSR count). The highest BCUT2D eigenvalue weighted by atomic mass is 16.1. The number of hydrogen-bond donors (Lipinski definition) is 0. The molecule has 0 saturated heterocycles. The van der Waals surface area contributed by atoms with E-state index in [0.717, 1.165) is 23.4 Å². The van der Waals surface area contributed by atoms with Gasteiger partial charge in [0.1, 0.15) is 0 Å². The van der Waals surface area contributed by atoms with Gasteiger partial charge in [-0.3, -0.25) is 9.78 Å². The second-order valence-electron chi connectivity index (χ2n) is 5.36. The van der Waals surface area contributed by atoms with Crippen molar-refractivity contribution in [2.24, 2.45) is 5.92 Å². The predicted octanol–water partition coefficient (Wildman–Crippen LogP) is 3.68. The van der Waals surface area contributed by atoms with Crippen molar-refractivity contribution in [1.82, 2.24) is 4.98 Å². The van der Waals surface area contributed by atoms with E-state index in [1.165, 1.54) is 5.56 Å². The zero-order chi connectivity index (χ0) is 13.4. The summed E-state index contributed by atoms with van der Waals surface area (Å²) in [5.41, 5.74) is 3.93. The van der Waals surface area contributed by atoms with Gasteiger partial charge in [0.25, 0.3) is 0 Å². The number of ketones is 1. The summed E-state index contributed by atoms with van der Waals surface area (Å²) in [4.78, 5) is 16.8. The maximum atomic E-state index is 12.5. The monoisotopic (exact) mass is 251 g/mol. The average Bonchev–Trinajstić information content (AvgIpc) is 3.18. The average molecular weight is 251 g/mol. The summed E-state index contributed by atoms with van der Waals surface area (Å²) in [6, 6.07) is 14.1. The molecule has 0 amide bonds. The molecule has 0 bridgehead atoms. The lowest BCUT2D eigenvalue weighted by Gasteiger charge is -2.04. The molecule has 0 spiro atoms. The molecule has 0 radical (unpaired) electrons. The number of Topliss-reactive ketones (excluding diaryl/α,β-unsaturated/α-hetero) is 1. The van der Waals surface area contributed by atoms with E-state index < -0.39 is 0 Å². The van der Waals surface area contributed by atoms with E-state index in [-0.39, 0.29) is 11.7 Å². The molecular weight excluding hydrogens is 234 g/mol. The Morgan fingerprint density at radius 1 is 1.11 bits per heavy atom. The molecule has 1 heterocycles. The summed E-state index contributed by atoms with van der Waals surface area (Å²) in [7, 11) is 0. The predicted molar refractivity (Wildman–Crippen MR) is 75.3 cm³/mol. The van der Waals surface area contributed by atoms with E-state index >= 15 is 0 Å². The van der Waals surface area contributed by atoms with Crippen molar-refractivity contribution >= 4 is 5.78 Å². The fourth-order valence-corrected chi connectivity index (χ4v) is 2.74. The van der Waals surface area contributed by atoms with Gasteiger partial charge in [-0.05, 0) is 43.9 Å². The van der Waals surface area contributed by atoms with Crippen molar-refractivity contribution in [3.05, 3.63) is 65.0 Å². The van der Waals surface area contributed by atoms with Gasteiger partial charge in [0.2, 0.25) is 0 Å². The normalized spacial score (nSPS) is 21.2. The number of carbonyl (C=O) groups excluding carboxylic acids is 1. The Bertz CT molecular complexity index is 598. The van der Waals surface area contributed by atoms with Crippen LogP contribution in [-0.2, 0) is 0 Å². The fraction of sp³-hybridized carbons (Fsp3) is 0.294. The number of rotatable bonds is 3. The van der Waals surface area contributed by atoms with Crippen LogP contribution < -0.4 is 0 Å². The third kappa shape index (κ3) is 2.43. The van der Waals surface area contributed by atoms with Crippen LogP contribution in [0.15, 0.2) is 42.5 Å². The van der Waals surface area contributed by atoms with E-state index in [4.69, 9.17) is 0 Å². The molecule has 2 heteroatoms. The van der Waals surface area contributed by atoms with Crippen molar-refractivity contribution in [1.29, 1.82) is 0 Å². The maximum absolute atomic E-state index is 12.5. The minimum absolute atomic E-state index is 0.156. The Morgan fingerprint density at radius 3 is 2.37 bits per heavy atom. The minimum Gasteiger partial charge on any atom is -0.294 e. The second-order valence-corrected chi connectivity index (χ2v) is 5.36. The lowest BCUT2D eigenvalue weighted by atomic mass is 10.0. The number of benzene rings is 1. The molecule has 2 nitrogen and oxygen atoms in total. The van der Waals surface area contributed by atoms with E-state index in [1.54, 1.807) is 0 Å². The van der Waals surface area contributed by atoms with Gasteiger partial charge in [-0.15, -0.1) is 0 Å². The number of hydrogen-bond acceptors (Lipinski definition) is 2. The summed E-state index contributed by atoms with van der Waals surface area (Å²) in [5, 5.41) is 0. The molecule has 2 unspecified atom stereocenters. The van der Waals surface area contributed by atoms with E-state index in [9.17, 15) is 4.79 Å². The fourth-order valence-electron chi connectivity index (χ4n) is 2.74. The van der Waals surface area contributed by atoms with Crippen LogP contribution in [0.5, 0.6) is 0 Å². The molecule has 1 fully saturated rings. The molecule has 1 aromatic heterocycles. The quantitative estimate of drug-likeness (QED) is 0.779. The summed E-state index contributed by atoms with van der Waals surface area (Å²) >= 11 is 0. The Labute approximate surface area is 113 Å². The van der Waals surface area contributed by atoms with E-state index in [1.807, 2.05) is 44.2 Å². The highest BCUT2D eigenvalue weighted by molar-refractivity contribution is 6.00. The highest BCUT2D eigenvalue weighted by Crippen LogP contribution is 2.49. The molecule has 96 valence electrons. The topological polar surface area (TPSA) is 30.0 Å². The SMILES string of the molecule is Cc1cc(C(=O)C2CC2c2ccccc2)cc(C)n1. The molecule has 1 aromatic carbocycles. The van der Waals surface area contributed by atoms with Gasteiger partial charge in [-0.2, -0.15) is 0 Å². The van der Waals surface area contributed by atoms with Gasteiger partial charge in [0.05, 0.1) is 0 Å². The van der Waals surface area contributed by atoms with Gasteiger partial charge >= 0.3 is 0 Å². The Morgan fingerprint density at radius 2 is 1.74 bits per heavy atom.